The second-order valence-electron chi connectivity index (χ2n) is 6.05. The van der Waals surface area contributed by atoms with Crippen molar-refractivity contribution in [1.82, 2.24) is 14.9 Å². The van der Waals surface area contributed by atoms with Gasteiger partial charge < -0.3 is 14.6 Å². The summed E-state index contributed by atoms with van der Waals surface area (Å²) < 4.78 is 5.35. The summed E-state index contributed by atoms with van der Waals surface area (Å²) in [6, 6.07) is 0. The Morgan fingerprint density at radius 2 is 2.05 bits per heavy atom. The van der Waals surface area contributed by atoms with Gasteiger partial charge >= 0.3 is 6.09 Å². The van der Waals surface area contributed by atoms with E-state index in [0.717, 1.165) is 12.8 Å². The predicted molar refractivity (Wildman–Crippen MR) is 74.6 cm³/mol. The zero-order valence-corrected chi connectivity index (χ0v) is 12.2. The van der Waals surface area contributed by atoms with Crippen LogP contribution in [0.15, 0.2) is 17.2 Å². The highest BCUT2D eigenvalue weighted by molar-refractivity contribution is 5.68. The van der Waals surface area contributed by atoms with Crippen molar-refractivity contribution < 1.29 is 9.53 Å². The van der Waals surface area contributed by atoms with Crippen molar-refractivity contribution in [1.29, 1.82) is 0 Å². The number of likely N-dealkylation sites (tertiary alicyclic amines) is 1. The third kappa shape index (κ3) is 3.59. The molecule has 6 nitrogen and oxygen atoms in total. The first kappa shape index (κ1) is 14.6. The smallest absolute Gasteiger partial charge is 0.410 e. The van der Waals surface area contributed by atoms with E-state index in [9.17, 15) is 9.59 Å². The lowest BCUT2D eigenvalue weighted by atomic mass is 9.94. The van der Waals surface area contributed by atoms with Crippen molar-refractivity contribution in [2.24, 2.45) is 0 Å². The minimum absolute atomic E-state index is 0.110. The summed E-state index contributed by atoms with van der Waals surface area (Å²) in [5, 5.41) is 0. The fourth-order valence-corrected chi connectivity index (χ4v) is 2.32. The summed E-state index contributed by atoms with van der Waals surface area (Å²) >= 11 is 0. The number of piperidine rings is 1. The standard InChI is InChI=1S/C14H21N3O3/c1-14(2,3)20-13(19)17-8-4-10(5-9-17)11-12(18)16-7-6-15-11/h6-7,10H,4-5,8-9H2,1-3H3,(H,16,18). The molecular weight excluding hydrogens is 258 g/mol. The second kappa shape index (κ2) is 5.64. The van der Waals surface area contributed by atoms with E-state index in [-0.39, 0.29) is 17.6 Å². The zero-order valence-electron chi connectivity index (χ0n) is 12.2. The van der Waals surface area contributed by atoms with Gasteiger partial charge in [0.1, 0.15) is 11.3 Å². The molecule has 0 radical (unpaired) electrons. The van der Waals surface area contributed by atoms with Gasteiger partial charge in [-0.1, -0.05) is 0 Å². The highest BCUT2D eigenvalue weighted by atomic mass is 16.6. The van der Waals surface area contributed by atoms with E-state index in [1.54, 1.807) is 11.1 Å². The Bertz CT molecular complexity index is 525. The SMILES string of the molecule is CC(C)(C)OC(=O)N1CCC(c2ncc[nH]c2=O)CC1. The molecule has 0 bridgehead atoms. The number of aromatic amines is 1. The molecule has 110 valence electrons. The van der Waals surface area contributed by atoms with Crippen molar-refractivity contribution in [3.8, 4) is 0 Å². The molecule has 0 unspecified atom stereocenters. The predicted octanol–water partition coefficient (Wildman–Crippen LogP) is 1.88. The number of amides is 1. The fourth-order valence-electron chi connectivity index (χ4n) is 2.32. The van der Waals surface area contributed by atoms with Crippen LogP contribution in [0.5, 0.6) is 0 Å². The molecule has 0 saturated carbocycles. The van der Waals surface area contributed by atoms with Crippen molar-refractivity contribution >= 4 is 6.09 Å². The average molecular weight is 279 g/mol. The van der Waals surface area contributed by atoms with Crippen LogP contribution < -0.4 is 5.56 Å². The molecule has 1 saturated heterocycles. The number of rotatable bonds is 1. The molecule has 1 aromatic rings. The Labute approximate surface area is 118 Å². The largest absolute Gasteiger partial charge is 0.444 e. The summed E-state index contributed by atoms with van der Waals surface area (Å²) in [6.07, 6.45) is 4.31. The molecule has 0 aliphatic carbocycles. The maximum atomic E-state index is 11.9. The van der Waals surface area contributed by atoms with Gasteiger partial charge in [0.25, 0.3) is 5.56 Å². The highest BCUT2D eigenvalue weighted by Gasteiger charge is 2.28. The Hall–Kier alpha value is -1.85. The molecule has 1 aliphatic heterocycles. The van der Waals surface area contributed by atoms with Gasteiger partial charge in [0.15, 0.2) is 0 Å². The van der Waals surface area contributed by atoms with Crippen LogP contribution in [0.25, 0.3) is 0 Å². The van der Waals surface area contributed by atoms with Crippen molar-refractivity contribution in [2.45, 2.75) is 45.1 Å². The Kier molecular flexibility index (Phi) is 4.11. The Morgan fingerprint density at radius 3 is 2.60 bits per heavy atom. The minimum Gasteiger partial charge on any atom is -0.444 e. The monoisotopic (exact) mass is 279 g/mol. The number of H-pyrrole nitrogens is 1. The van der Waals surface area contributed by atoms with Crippen LogP contribution in [0, 0.1) is 0 Å². The lowest BCUT2D eigenvalue weighted by molar-refractivity contribution is 0.0204. The molecule has 2 rings (SSSR count). The van der Waals surface area contributed by atoms with Gasteiger partial charge in [-0.15, -0.1) is 0 Å². The Morgan fingerprint density at radius 1 is 1.40 bits per heavy atom. The molecule has 0 spiro atoms. The van der Waals surface area contributed by atoms with E-state index >= 15 is 0 Å². The number of nitrogens with zero attached hydrogens (tertiary/aromatic N) is 2. The highest BCUT2D eigenvalue weighted by Crippen LogP contribution is 2.25. The van der Waals surface area contributed by atoms with Crippen LogP contribution >= 0.6 is 0 Å². The number of hydrogen-bond donors (Lipinski definition) is 1. The maximum Gasteiger partial charge on any atom is 0.410 e. The Balaban J connectivity index is 1.95. The first-order valence-electron chi connectivity index (χ1n) is 6.88. The van der Waals surface area contributed by atoms with E-state index in [1.165, 1.54) is 6.20 Å². The van der Waals surface area contributed by atoms with Gasteiger partial charge in [-0.25, -0.2) is 4.79 Å². The molecule has 1 fully saturated rings. The molecule has 1 N–H and O–H groups in total. The van der Waals surface area contributed by atoms with E-state index in [2.05, 4.69) is 9.97 Å². The van der Waals surface area contributed by atoms with Gasteiger partial charge in [0.05, 0.1) is 0 Å². The lowest BCUT2D eigenvalue weighted by Crippen LogP contribution is -2.42. The van der Waals surface area contributed by atoms with Crippen molar-refractivity contribution in [3.05, 3.63) is 28.4 Å². The summed E-state index contributed by atoms with van der Waals surface area (Å²) in [4.78, 5) is 32.1. The van der Waals surface area contributed by atoms with Crippen LogP contribution in [-0.2, 0) is 4.74 Å². The summed E-state index contributed by atoms with van der Waals surface area (Å²) in [7, 11) is 0. The van der Waals surface area contributed by atoms with Gasteiger partial charge in [0, 0.05) is 31.4 Å². The summed E-state index contributed by atoms with van der Waals surface area (Å²) in [6.45, 7) is 6.74. The topological polar surface area (TPSA) is 75.3 Å². The molecule has 0 atom stereocenters. The molecular formula is C14H21N3O3. The first-order chi connectivity index (χ1) is 9.37. The lowest BCUT2D eigenvalue weighted by Gasteiger charge is -2.32. The quantitative estimate of drug-likeness (QED) is 0.851. The number of aromatic nitrogens is 2. The van der Waals surface area contributed by atoms with E-state index in [1.807, 2.05) is 20.8 Å². The third-order valence-corrected chi connectivity index (χ3v) is 3.27. The number of carbonyl (C=O) groups excluding carboxylic acids is 1. The molecule has 1 amide bonds. The summed E-state index contributed by atoms with van der Waals surface area (Å²) in [5.41, 5.74) is -0.0499. The molecule has 1 aromatic heterocycles. The van der Waals surface area contributed by atoms with Crippen molar-refractivity contribution in [3.63, 3.8) is 0 Å². The van der Waals surface area contributed by atoms with Gasteiger partial charge in [0.2, 0.25) is 0 Å². The van der Waals surface area contributed by atoms with E-state index < -0.39 is 5.60 Å². The number of nitrogens with one attached hydrogen (secondary N) is 1. The third-order valence-electron chi connectivity index (χ3n) is 3.27. The minimum atomic E-state index is -0.480. The van der Waals surface area contributed by atoms with Gasteiger partial charge in [-0.3, -0.25) is 9.78 Å². The fraction of sp³-hybridized carbons (Fsp3) is 0.643. The normalized spacial score (nSPS) is 17.1. The maximum absolute atomic E-state index is 11.9. The molecule has 0 aromatic carbocycles. The van der Waals surface area contributed by atoms with E-state index in [4.69, 9.17) is 4.74 Å². The molecule has 2 heterocycles. The van der Waals surface area contributed by atoms with Crippen LogP contribution in [0.1, 0.15) is 45.2 Å². The number of carbonyl (C=O) groups is 1. The van der Waals surface area contributed by atoms with Crippen LogP contribution in [-0.4, -0.2) is 39.7 Å². The number of hydrogen-bond acceptors (Lipinski definition) is 4. The van der Waals surface area contributed by atoms with Crippen molar-refractivity contribution in [2.75, 3.05) is 13.1 Å². The number of ether oxygens (including phenoxy) is 1. The van der Waals surface area contributed by atoms with E-state index in [0.29, 0.717) is 18.8 Å². The first-order valence-corrected chi connectivity index (χ1v) is 6.88. The molecule has 6 heteroatoms. The summed E-state index contributed by atoms with van der Waals surface area (Å²) in [5.74, 6) is 0.110. The van der Waals surface area contributed by atoms with Crippen LogP contribution in [0.2, 0.25) is 0 Å². The van der Waals surface area contributed by atoms with Crippen LogP contribution in [0.3, 0.4) is 0 Å². The van der Waals surface area contributed by atoms with Gasteiger partial charge in [-0.05, 0) is 33.6 Å². The second-order valence-corrected chi connectivity index (χ2v) is 6.05. The zero-order chi connectivity index (χ0) is 14.8. The molecule has 20 heavy (non-hydrogen) atoms. The average Bonchev–Trinajstić information content (AvgIpc) is 2.37. The van der Waals surface area contributed by atoms with Gasteiger partial charge in [-0.2, -0.15) is 0 Å². The van der Waals surface area contributed by atoms with Crippen LogP contribution in [0.4, 0.5) is 4.79 Å². The molecule has 1 aliphatic rings.